The number of ether oxygens (including phenoxy) is 3. The SMILES string of the molecule is C[C@@H](Oc1ccc(F)cc1)c1nnc(SCC(=O)Nc2ccc3c(c2)OC2(CCCCC2)O3)o1. The van der Waals surface area contributed by atoms with E-state index in [0.717, 1.165) is 37.4 Å². The third-order valence-electron chi connectivity index (χ3n) is 5.66. The molecule has 0 bridgehead atoms. The number of rotatable bonds is 7. The molecule has 5 rings (SSSR count). The molecule has 1 saturated carbocycles. The second-order valence-corrected chi connectivity index (χ2v) is 9.22. The van der Waals surface area contributed by atoms with Crippen LogP contribution in [0.5, 0.6) is 17.2 Å². The molecule has 1 aromatic heterocycles. The van der Waals surface area contributed by atoms with Gasteiger partial charge in [-0.1, -0.05) is 18.2 Å². The Labute approximate surface area is 200 Å². The van der Waals surface area contributed by atoms with Crippen molar-refractivity contribution < 1.29 is 27.8 Å². The average molecular weight is 486 g/mol. The van der Waals surface area contributed by atoms with Crippen molar-refractivity contribution in [1.82, 2.24) is 10.2 Å². The molecule has 1 atom stereocenters. The van der Waals surface area contributed by atoms with Gasteiger partial charge < -0.3 is 23.9 Å². The molecular weight excluding hydrogens is 461 g/mol. The summed E-state index contributed by atoms with van der Waals surface area (Å²) >= 11 is 1.12. The number of hydrogen-bond donors (Lipinski definition) is 1. The molecule has 1 N–H and O–H groups in total. The zero-order valence-electron chi connectivity index (χ0n) is 18.6. The first-order valence-electron chi connectivity index (χ1n) is 11.2. The smallest absolute Gasteiger partial charge is 0.277 e. The van der Waals surface area contributed by atoms with Crippen LogP contribution in [0.1, 0.15) is 51.0 Å². The summed E-state index contributed by atoms with van der Waals surface area (Å²) in [4.78, 5) is 12.4. The third-order valence-corrected chi connectivity index (χ3v) is 6.48. The van der Waals surface area contributed by atoms with Crippen molar-refractivity contribution in [2.24, 2.45) is 0 Å². The summed E-state index contributed by atoms with van der Waals surface area (Å²) in [7, 11) is 0. The van der Waals surface area contributed by atoms with Gasteiger partial charge in [-0.3, -0.25) is 4.79 Å². The van der Waals surface area contributed by atoms with Crippen LogP contribution < -0.4 is 19.5 Å². The highest BCUT2D eigenvalue weighted by Crippen LogP contribution is 2.46. The number of thioether (sulfide) groups is 1. The maximum atomic E-state index is 13.0. The van der Waals surface area contributed by atoms with E-state index in [0.29, 0.717) is 22.9 Å². The minimum Gasteiger partial charge on any atom is -0.481 e. The van der Waals surface area contributed by atoms with Gasteiger partial charge in [0.1, 0.15) is 11.6 Å². The van der Waals surface area contributed by atoms with Crippen LogP contribution in [-0.4, -0.2) is 27.6 Å². The molecule has 8 nitrogen and oxygen atoms in total. The molecule has 2 heterocycles. The number of carbonyl (C=O) groups excluding carboxylic acids is 1. The molecule has 34 heavy (non-hydrogen) atoms. The number of nitrogens with one attached hydrogen (secondary N) is 1. The van der Waals surface area contributed by atoms with Crippen molar-refractivity contribution in [2.45, 2.75) is 56.1 Å². The summed E-state index contributed by atoms with van der Waals surface area (Å²) in [6.07, 6.45) is 4.60. The molecule has 1 fully saturated rings. The first-order valence-corrected chi connectivity index (χ1v) is 12.2. The number of amides is 1. The van der Waals surface area contributed by atoms with Crippen molar-refractivity contribution in [3.05, 3.63) is 54.2 Å². The molecule has 2 aromatic carbocycles. The lowest BCUT2D eigenvalue weighted by Gasteiger charge is -2.31. The number of halogens is 1. The van der Waals surface area contributed by atoms with E-state index in [4.69, 9.17) is 18.6 Å². The van der Waals surface area contributed by atoms with E-state index in [2.05, 4.69) is 15.5 Å². The van der Waals surface area contributed by atoms with Crippen LogP contribution in [0.2, 0.25) is 0 Å². The van der Waals surface area contributed by atoms with Crippen LogP contribution in [0.25, 0.3) is 0 Å². The number of fused-ring (bicyclic) bond motifs is 1. The zero-order chi connectivity index (χ0) is 23.5. The number of hydrogen-bond acceptors (Lipinski definition) is 8. The summed E-state index contributed by atoms with van der Waals surface area (Å²) < 4.78 is 36.5. The van der Waals surface area contributed by atoms with Gasteiger partial charge in [-0.15, -0.1) is 10.2 Å². The van der Waals surface area contributed by atoms with E-state index in [-0.39, 0.29) is 28.6 Å². The molecule has 178 valence electrons. The van der Waals surface area contributed by atoms with Gasteiger partial charge in [0.15, 0.2) is 17.6 Å². The Kier molecular flexibility index (Phi) is 6.32. The maximum Gasteiger partial charge on any atom is 0.277 e. The van der Waals surface area contributed by atoms with Gasteiger partial charge in [0.05, 0.1) is 5.75 Å². The fourth-order valence-electron chi connectivity index (χ4n) is 4.00. The first kappa shape index (κ1) is 22.5. The molecule has 1 aliphatic heterocycles. The predicted molar refractivity (Wildman–Crippen MR) is 123 cm³/mol. The minimum atomic E-state index is -0.549. The molecule has 2 aliphatic rings. The van der Waals surface area contributed by atoms with E-state index in [1.807, 2.05) is 6.07 Å². The van der Waals surface area contributed by atoms with Crippen LogP contribution in [0.3, 0.4) is 0 Å². The molecule has 3 aromatic rings. The van der Waals surface area contributed by atoms with Gasteiger partial charge in [-0.2, -0.15) is 0 Å². The summed E-state index contributed by atoms with van der Waals surface area (Å²) in [6, 6.07) is 11.1. The van der Waals surface area contributed by atoms with Crippen LogP contribution in [0, 0.1) is 5.82 Å². The van der Waals surface area contributed by atoms with E-state index < -0.39 is 11.9 Å². The van der Waals surface area contributed by atoms with E-state index in [9.17, 15) is 9.18 Å². The second kappa shape index (κ2) is 9.54. The van der Waals surface area contributed by atoms with Crippen molar-refractivity contribution in [3.8, 4) is 17.2 Å². The lowest BCUT2D eigenvalue weighted by atomic mass is 9.94. The number of nitrogens with zero attached hydrogens (tertiary/aromatic N) is 2. The lowest BCUT2D eigenvalue weighted by Crippen LogP contribution is -2.40. The molecule has 0 saturated heterocycles. The van der Waals surface area contributed by atoms with Gasteiger partial charge in [-0.25, -0.2) is 4.39 Å². The molecule has 0 unspecified atom stereocenters. The molecular formula is C24H24FN3O5S. The number of aromatic nitrogens is 2. The topological polar surface area (TPSA) is 95.7 Å². The lowest BCUT2D eigenvalue weighted by molar-refractivity contribution is -0.113. The largest absolute Gasteiger partial charge is 0.481 e. The number of anilines is 1. The Morgan fingerprint density at radius 3 is 2.68 bits per heavy atom. The van der Waals surface area contributed by atoms with Crippen molar-refractivity contribution in [2.75, 3.05) is 11.1 Å². The van der Waals surface area contributed by atoms with Crippen LogP contribution in [0.4, 0.5) is 10.1 Å². The summed E-state index contributed by atoms with van der Waals surface area (Å²) in [5.74, 6) is 1.10. The maximum absolute atomic E-state index is 13.0. The van der Waals surface area contributed by atoms with Crippen LogP contribution in [0.15, 0.2) is 52.1 Å². The van der Waals surface area contributed by atoms with E-state index >= 15 is 0 Å². The Morgan fingerprint density at radius 2 is 1.88 bits per heavy atom. The van der Waals surface area contributed by atoms with Crippen LogP contribution in [-0.2, 0) is 4.79 Å². The molecule has 10 heteroatoms. The Balaban J connectivity index is 1.12. The fourth-order valence-corrected chi connectivity index (χ4v) is 4.57. The normalized spacial score (nSPS) is 16.9. The molecule has 1 amide bonds. The van der Waals surface area contributed by atoms with Crippen molar-refractivity contribution in [3.63, 3.8) is 0 Å². The molecule has 0 radical (unpaired) electrons. The van der Waals surface area contributed by atoms with Crippen LogP contribution >= 0.6 is 11.8 Å². The highest BCUT2D eigenvalue weighted by atomic mass is 32.2. The van der Waals surface area contributed by atoms with E-state index in [1.54, 1.807) is 19.1 Å². The summed E-state index contributed by atoms with van der Waals surface area (Å²) in [6.45, 7) is 1.75. The Morgan fingerprint density at radius 1 is 1.12 bits per heavy atom. The van der Waals surface area contributed by atoms with Gasteiger partial charge in [0.2, 0.25) is 5.91 Å². The fraction of sp³-hybridized carbons (Fsp3) is 0.375. The average Bonchev–Trinajstić information content (AvgIpc) is 3.44. The quantitative estimate of drug-likeness (QED) is 0.438. The number of carbonyl (C=O) groups is 1. The van der Waals surface area contributed by atoms with Gasteiger partial charge >= 0.3 is 0 Å². The monoisotopic (exact) mass is 485 g/mol. The highest BCUT2D eigenvalue weighted by molar-refractivity contribution is 7.99. The zero-order valence-corrected chi connectivity index (χ0v) is 19.4. The standard InChI is InChI=1S/C24H24FN3O5S/c1-15(30-18-8-5-16(25)6-9-18)22-27-28-23(31-22)34-14-21(29)26-17-7-10-19-20(13-17)33-24(32-19)11-3-2-4-12-24/h5-10,13,15H,2-4,11-12,14H2,1H3,(H,26,29)/t15-/m1/s1. The van der Waals surface area contributed by atoms with Gasteiger partial charge in [0.25, 0.3) is 16.9 Å². The number of benzene rings is 2. The van der Waals surface area contributed by atoms with Gasteiger partial charge in [-0.05, 0) is 56.2 Å². The molecule has 1 spiro atoms. The van der Waals surface area contributed by atoms with Gasteiger partial charge in [0, 0.05) is 24.6 Å². The highest BCUT2D eigenvalue weighted by Gasteiger charge is 2.42. The Bertz CT molecular complexity index is 1160. The minimum absolute atomic E-state index is 0.0905. The summed E-state index contributed by atoms with van der Waals surface area (Å²) in [5, 5.41) is 11.0. The van der Waals surface area contributed by atoms with E-state index in [1.165, 1.54) is 30.7 Å². The summed E-state index contributed by atoms with van der Waals surface area (Å²) in [5.41, 5.74) is 0.633. The predicted octanol–water partition coefficient (Wildman–Crippen LogP) is 5.51. The second-order valence-electron chi connectivity index (χ2n) is 8.29. The molecule has 1 aliphatic carbocycles. The van der Waals surface area contributed by atoms with Crippen molar-refractivity contribution >= 4 is 23.4 Å². The third kappa shape index (κ3) is 5.11. The first-order chi connectivity index (χ1) is 16.5. The Hall–Kier alpha value is -3.27. The van der Waals surface area contributed by atoms with Crippen molar-refractivity contribution in [1.29, 1.82) is 0 Å².